The number of fused-ring (bicyclic) bond motifs is 1. The fourth-order valence-electron chi connectivity index (χ4n) is 3.14. The van der Waals surface area contributed by atoms with Crippen LogP contribution in [0.25, 0.3) is 10.2 Å². The summed E-state index contributed by atoms with van der Waals surface area (Å²) in [5.74, 6) is -1.03. The third-order valence-electron chi connectivity index (χ3n) is 4.52. The minimum Gasteiger partial charge on any atom is -0.365 e. The van der Waals surface area contributed by atoms with Gasteiger partial charge in [-0.3, -0.25) is 14.3 Å². The van der Waals surface area contributed by atoms with Crippen molar-refractivity contribution < 1.29 is 18.4 Å². The molecule has 3 heterocycles. The summed E-state index contributed by atoms with van der Waals surface area (Å²) in [5, 5.41) is 7.41. The van der Waals surface area contributed by atoms with Crippen LogP contribution < -0.4 is 11.1 Å². The minimum atomic E-state index is -2.72. The van der Waals surface area contributed by atoms with Gasteiger partial charge in [-0.25, -0.2) is 13.8 Å². The van der Waals surface area contributed by atoms with Crippen LogP contribution >= 0.6 is 11.3 Å². The lowest BCUT2D eigenvalue weighted by Gasteiger charge is -2.10. The molecule has 0 atom stereocenters. The number of alkyl halides is 2. The molecule has 3 aromatic heterocycles. The third kappa shape index (κ3) is 3.47. The van der Waals surface area contributed by atoms with Crippen LogP contribution in [0.15, 0.2) is 18.3 Å². The van der Waals surface area contributed by atoms with Gasteiger partial charge in [-0.05, 0) is 43.4 Å². The average Bonchev–Trinajstić information content (AvgIpc) is 3.30. The molecule has 1 saturated carbocycles. The van der Waals surface area contributed by atoms with E-state index in [4.69, 9.17) is 5.73 Å². The predicted octanol–water partition coefficient (Wildman–Crippen LogP) is 3.35. The van der Waals surface area contributed by atoms with Crippen LogP contribution in [-0.4, -0.2) is 26.6 Å². The number of anilines is 1. The Kier molecular flexibility index (Phi) is 4.58. The van der Waals surface area contributed by atoms with Gasteiger partial charge in [0.1, 0.15) is 21.9 Å². The summed E-state index contributed by atoms with van der Waals surface area (Å²) in [7, 11) is 0. The Morgan fingerprint density at radius 1 is 1.43 bits per heavy atom. The second-order valence-electron chi connectivity index (χ2n) is 6.76. The summed E-state index contributed by atoms with van der Waals surface area (Å²) in [5.41, 5.74) is 6.83. The number of amides is 2. The molecule has 1 aliphatic rings. The summed E-state index contributed by atoms with van der Waals surface area (Å²) in [6.45, 7) is 1.75. The molecule has 0 aliphatic heterocycles. The Bertz CT molecular complexity index is 1090. The number of hydrogen-bond donors (Lipinski definition) is 2. The predicted molar refractivity (Wildman–Crippen MR) is 101 cm³/mol. The number of hydrogen-bond acceptors (Lipinski definition) is 5. The van der Waals surface area contributed by atoms with Gasteiger partial charge >= 0.3 is 0 Å². The van der Waals surface area contributed by atoms with Crippen molar-refractivity contribution in [1.82, 2.24) is 14.8 Å². The molecule has 1 aliphatic carbocycles. The van der Waals surface area contributed by atoms with Crippen molar-refractivity contribution in [2.24, 2.45) is 5.73 Å². The zero-order chi connectivity index (χ0) is 20.0. The third-order valence-corrected chi connectivity index (χ3v) is 5.62. The fraction of sp³-hybridized carbons (Fsp3) is 0.333. The quantitative estimate of drug-likeness (QED) is 0.656. The average molecular weight is 405 g/mol. The van der Waals surface area contributed by atoms with E-state index in [0.717, 1.165) is 29.9 Å². The van der Waals surface area contributed by atoms with Crippen LogP contribution in [0.5, 0.6) is 0 Å². The van der Waals surface area contributed by atoms with Crippen molar-refractivity contribution in [2.45, 2.75) is 38.7 Å². The molecule has 1 fully saturated rings. The highest BCUT2D eigenvalue weighted by Crippen LogP contribution is 2.48. The van der Waals surface area contributed by atoms with Crippen LogP contribution in [0.1, 0.15) is 51.8 Å². The van der Waals surface area contributed by atoms with Gasteiger partial charge in [-0.15, -0.1) is 11.3 Å². The van der Waals surface area contributed by atoms with Crippen molar-refractivity contribution >= 4 is 39.1 Å². The first-order valence-electron chi connectivity index (χ1n) is 8.68. The number of halogens is 2. The fourth-order valence-corrected chi connectivity index (χ4v) is 4.17. The molecule has 4 rings (SSSR count). The summed E-state index contributed by atoms with van der Waals surface area (Å²) in [6.07, 6.45) is 0.677. The lowest BCUT2D eigenvalue weighted by Crippen LogP contribution is -2.21. The molecule has 146 valence electrons. The van der Waals surface area contributed by atoms with Crippen molar-refractivity contribution in [3.8, 4) is 0 Å². The molecule has 28 heavy (non-hydrogen) atoms. The maximum atomic E-state index is 13.3. The summed E-state index contributed by atoms with van der Waals surface area (Å²) >= 11 is 0.919. The highest BCUT2D eigenvalue weighted by atomic mass is 32.1. The molecular formula is C18H17F2N5O2S. The highest BCUT2D eigenvalue weighted by Gasteiger charge is 2.31. The smallest absolute Gasteiger partial charge is 0.280 e. The largest absolute Gasteiger partial charge is 0.365 e. The Labute approximate surface area is 162 Å². The monoisotopic (exact) mass is 405 g/mol. The molecule has 0 radical (unpaired) electrons. The number of aromatic nitrogens is 3. The van der Waals surface area contributed by atoms with E-state index >= 15 is 0 Å². The first kappa shape index (κ1) is 18.5. The molecule has 0 spiro atoms. The van der Waals surface area contributed by atoms with E-state index in [1.54, 1.807) is 19.2 Å². The Morgan fingerprint density at radius 2 is 2.18 bits per heavy atom. The highest BCUT2D eigenvalue weighted by molar-refractivity contribution is 7.21. The van der Waals surface area contributed by atoms with Gasteiger partial charge in [0, 0.05) is 11.6 Å². The molecule has 3 aromatic rings. The first-order chi connectivity index (χ1) is 13.3. The minimum absolute atomic E-state index is 0.0509. The maximum absolute atomic E-state index is 13.3. The van der Waals surface area contributed by atoms with Gasteiger partial charge in [0.05, 0.1) is 11.4 Å². The van der Waals surface area contributed by atoms with Gasteiger partial charge in [-0.1, -0.05) is 0 Å². The number of rotatable bonds is 6. The van der Waals surface area contributed by atoms with E-state index in [1.807, 2.05) is 0 Å². The number of carbonyl (C=O) groups is 2. The number of thiophene rings is 1. The Hall–Kier alpha value is -2.88. The number of nitrogens with two attached hydrogens (primary N) is 1. The normalized spacial score (nSPS) is 14.0. The SMILES string of the molecule is Cc1ccn(CC(=O)Nc2c(C(N)=O)sc3nc(C(F)F)cc(C4CC4)c23)n1. The number of nitrogens with one attached hydrogen (secondary N) is 1. The van der Waals surface area contributed by atoms with Gasteiger partial charge < -0.3 is 11.1 Å². The van der Waals surface area contributed by atoms with E-state index in [0.29, 0.717) is 10.9 Å². The number of nitrogens with zero attached hydrogens (tertiary/aromatic N) is 3. The molecule has 3 N–H and O–H groups in total. The van der Waals surface area contributed by atoms with Crippen LogP contribution in [-0.2, 0) is 11.3 Å². The zero-order valence-corrected chi connectivity index (χ0v) is 15.7. The second-order valence-corrected chi connectivity index (χ2v) is 7.76. The maximum Gasteiger partial charge on any atom is 0.280 e. The molecule has 0 aromatic carbocycles. The molecular weight excluding hydrogens is 388 g/mol. The standard InChI is InChI=1S/C18H17F2N5O2S/c1-8-4-5-25(24-8)7-12(26)23-14-13-10(9-2-3-9)6-11(16(19)20)22-18(13)28-15(14)17(21)27/h4-6,9,16H,2-3,7H2,1H3,(H2,21,27)(H,23,26). The molecule has 2 amide bonds. The van der Waals surface area contributed by atoms with Crippen LogP contribution in [0, 0.1) is 6.92 Å². The molecule has 7 nitrogen and oxygen atoms in total. The van der Waals surface area contributed by atoms with Crippen LogP contribution in [0.3, 0.4) is 0 Å². The van der Waals surface area contributed by atoms with Gasteiger partial charge in [0.15, 0.2) is 0 Å². The topological polar surface area (TPSA) is 103 Å². The van der Waals surface area contributed by atoms with E-state index in [2.05, 4.69) is 15.4 Å². The van der Waals surface area contributed by atoms with E-state index in [-0.39, 0.29) is 33.6 Å². The van der Waals surface area contributed by atoms with Crippen molar-refractivity contribution in [1.29, 1.82) is 0 Å². The van der Waals surface area contributed by atoms with Crippen LogP contribution in [0.4, 0.5) is 14.5 Å². The number of carbonyl (C=O) groups excluding carboxylic acids is 2. The van der Waals surface area contributed by atoms with Crippen molar-refractivity contribution in [2.75, 3.05) is 5.32 Å². The number of aryl methyl sites for hydroxylation is 1. The van der Waals surface area contributed by atoms with E-state index in [1.165, 1.54) is 10.7 Å². The Morgan fingerprint density at radius 3 is 2.75 bits per heavy atom. The van der Waals surface area contributed by atoms with Gasteiger partial charge in [-0.2, -0.15) is 5.10 Å². The van der Waals surface area contributed by atoms with E-state index < -0.39 is 18.2 Å². The Balaban J connectivity index is 1.78. The van der Waals surface area contributed by atoms with Crippen LogP contribution in [0.2, 0.25) is 0 Å². The molecule has 0 bridgehead atoms. The van der Waals surface area contributed by atoms with Gasteiger partial charge in [0.25, 0.3) is 12.3 Å². The van der Waals surface area contributed by atoms with Crippen molar-refractivity contribution in [3.63, 3.8) is 0 Å². The summed E-state index contributed by atoms with van der Waals surface area (Å²) in [6, 6.07) is 3.14. The first-order valence-corrected chi connectivity index (χ1v) is 9.50. The lowest BCUT2D eigenvalue weighted by molar-refractivity contribution is -0.116. The zero-order valence-electron chi connectivity index (χ0n) is 14.9. The molecule has 10 heteroatoms. The van der Waals surface area contributed by atoms with Gasteiger partial charge in [0.2, 0.25) is 5.91 Å². The molecule has 0 saturated heterocycles. The van der Waals surface area contributed by atoms with E-state index in [9.17, 15) is 18.4 Å². The second kappa shape index (κ2) is 6.93. The summed E-state index contributed by atoms with van der Waals surface area (Å²) < 4.78 is 28.0. The lowest BCUT2D eigenvalue weighted by atomic mass is 10.0. The number of pyridine rings is 1. The van der Waals surface area contributed by atoms with Crippen molar-refractivity contribution in [3.05, 3.63) is 40.2 Å². The number of primary amides is 1. The summed E-state index contributed by atoms with van der Waals surface area (Å²) in [4.78, 5) is 28.8. The molecule has 0 unspecified atom stereocenters.